The number of hydrogen-bond acceptors (Lipinski definition) is 2. The van der Waals surface area contributed by atoms with Gasteiger partial charge in [0.15, 0.2) is 0 Å². The third-order valence-electron chi connectivity index (χ3n) is 3.35. The van der Waals surface area contributed by atoms with E-state index in [2.05, 4.69) is 12.2 Å². The van der Waals surface area contributed by atoms with Crippen molar-refractivity contribution in [2.75, 3.05) is 19.8 Å². The molecule has 1 saturated carbocycles. The first-order chi connectivity index (χ1) is 7.72. The summed E-state index contributed by atoms with van der Waals surface area (Å²) in [6, 6.07) is 0.568. The molecule has 0 amide bonds. The molecule has 0 radical (unpaired) electrons. The van der Waals surface area contributed by atoms with E-state index in [-0.39, 0.29) is 0 Å². The third kappa shape index (κ3) is 5.75. The van der Waals surface area contributed by atoms with Crippen LogP contribution in [0.25, 0.3) is 0 Å². The summed E-state index contributed by atoms with van der Waals surface area (Å²) in [5.74, 6) is 0.896. The van der Waals surface area contributed by atoms with Crippen LogP contribution in [-0.4, -0.2) is 32.2 Å². The Kier molecular flexibility index (Phi) is 6.88. The van der Waals surface area contributed by atoms with Gasteiger partial charge in [0.25, 0.3) is 6.43 Å². The van der Waals surface area contributed by atoms with E-state index in [1.807, 2.05) is 0 Å². The van der Waals surface area contributed by atoms with Crippen LogP contribution in [0, 0.1) is 5.92 Å². The van der Waals surface area contributed by atoms with Crippen molar-refractivity contribution in [3.63, 3.8) is 0 Å². The molecule has 4 heteroatoms. The highest BCUT2D eigenvalue weighted by Gasteiger charge is 2.18. The van der Waals surface area contributed by atoms with Crippen LogP contribution in [0.1, 0.15) is 39.0 Å². The van der Waals surface area contributed by atoms with Crippen molar-refractivity contribution in [2.45, 2.75) is 51.5 Å². The van der Waals surface area contributed by atoms with Crippen LogP contribution < -0.4 is 5.32 Å². The van der Waals surface area contributed by atoms with Gasteiger partial charge in [-0.15, -0.1) is 0 Å². The summed E-state index contributed by atoms with van der Waals surface area (Å²) >= 11 is 0. The summed E-state index contributed by atoms with van der Waals surface area (Å²) in [5, 5.41) is 3.37. The van der Waals surface area contributed by atoms with Crippen molar-refractivity contribution in [1.82, 2.24) is 5.32 Å². The van der Waals surface area contributed by atoms with E-state index < -0.39 is 13.0 Å². The van der Waals surface area contributed by atoms with Crippen LogP contribution >= 0.6 is 0 Å². The van der Waals surface area contributed by atoms with Gasteiger partial charge in [0.2, 0.25) is 0 Å². The molecule has 0 unspecified atom stereocenters. The summed E-state index contributed by atoms with van der Waals surface area (Å²) < 4.78 is 28.3. The highest BCUT2D eigenvalue weighted by atomic mass is 19.3. The smallest absolute Gasteiger partial charge is 0.261 e. The van der Waals surface area contributed by atoms with Gasteiger partial charge < -0.3 is 10.1 Å². The zero-order valence-electron chi connectivity index (χ0n) is 10.1. The van der Waals surface area contributed by atoms with Gasteiger partial charge in [-0.25, -0.2) is 8.78 Å². The molecule has 0 bridgehead atoms. The molecule has 0 aliphatic heterocycles. The van der Waals surface area contributed by atoms with E-state index in [1.165, 1.54) is 32.1 Å². The maximum Gasteiger partial charge on any atom is 0.261 e. The molecule has 2 nitrogen and oxygen atoms in total. The zero-order valence-corrected chi connectivity index (χ0v) is 10.1. The molecule has 1 aliphatic rings. The van der Waals surface area contributed by atoms with Crippen molar-refractivity contribution in [3.05, 3.63) is 0 Å². The fourth-order valence-corrected chi connectivity index (χ4v) is 2.28. The molecule has 1 rings (SSSR count). The second-order valence-electron chi connectivity index (χ2n) is 4.55. The number of hydrogen-bond donors (Lipinski definition) is 1. The number of rotatable bonds is 7. The Morgan fingerprint density at radius 1 is 1.25 bits per heavy atom. The molecule has 16 heavy (non-hydrogen) atoms. The van der Waals surface area contributed by atoms with E-state index in [1.54, 1.807) is 0 Å². The molecular weight excluding hydrogens is 212 g/mol. The summed E-state index contributed by atoms with van der Waals surface area (Å²) in [6.45, 7) is 2.88. The standard InChI is InChI=1S/C12H23F2NO/c1-2-10-3-5-11(6-4-10)15-7-8-16-9-12(13)14/h10-12,15H,2-9H2,1H3. The van der Waals surface area contributed by atoms with Gasteiger partial charge in [-0.2, -0.15) is 0 Å². The largest absolute Gasteiger partial charge is 0.374 e. The molecule has 0 aromatic rings. The van der Waals surface area contributed by atoms with Gasteiger partial charge in [0.1, 0.15) is 6.61 Å². The minimum Gasteiger partial charge on any atom is -0.374 e. The fraction of sp³-hybridized carbons (Fsp3) is 1.00. The van der Waals surface area contributed by atoms with Gasteiger partial charge in [0.05, 0.1) is 6.61 Å². The molecule has 0 atom stereocenters. The molecule has 0 aromatic carbocycles. The Labute approximate surface area is 96.7 Å². The average Bonchev–Trinajstić information content (AvgIpc) is 2.29. The summed E-state index contributed by atoms with van der Waals surface area (Å²) in [4.78, 5) is 0. The molecule has 96 valence electrons. The first-order valence-corrected chi connectivity index (χ1v) is 6.31. The van der Waals surface area contributed by atoms with Crippen molar-refractivity contribution < 1.29 is 13.5 Å². The molecular formula is C12H23F2NO. The first-order valence-electron chi connectivity index (χ1n) is 6.31. The predicted molar refractivity (Wildman–Crippen MR) is 60.9 cm³/mol. The second kappa shape index (κ2) is 7.96. The Hall–Kier alpha value is -0.220. The first kappa shape index (κ1) is 13.8. The van der Waals surface area contributed by atoms with Crippen LogP contribution in [0.2, 0.25) is 0 Å². The van der Waals surface area contributed by atoms with E-state index in [4.69, 9.17) is 4.74 Å². The lowest BCUT2D eigenvalue weighted by molar-refractivity contribution is 0.0178. The molecule has 0 heterocycles. The zero-order chi connectivity index (χ0) is 11.8. The highest BCUT2D eigenvalue weighted by molar-refractivity contribution is 4.76. The minimum absolute atomic E-state index is 0.387. The Balaban J connectivity index is 1.94. The van der Waals surface area contributed by atoms with E-state index >= 15 is 0 Å². The van der Waals surface area contributed by atoms with Gasteiger partial charge in [-0.1, -0.05) is 13.3 Å². The van der Waals surface area contributed by atoms with Crippen molar-refractivity contribution in [2.24, 2.45) is 5.92 Å². The molecule has 0 spiro atoms. The molecule has 1 aliphatic carbocycles. The van der Waals surface area contributed by atoms with E-state index in [0.717, 1.165) is 5.92 Å². The monoisotopic (exact) mass is 235 g/mol. The number of ether oxygens (including phenoxy) is 1. The third-order valence-corrected chi connectivity index (χ3v) is 3.35. The maximum atomic E-state index is 11.8. The van der Waals surface area contributed by atoms with Crippen molar-refractivity contribution in [3.8, 4) is 0 Å². The Morgan fingerprint density at radius 3 is 2.50 bits per heavy atom. The lowest BCUT2D eigenvalue weighted by Gasteiger charge is -2.28. The maximum absolute atomic E-state index is 11.8. The average molecular weight is 235 g/mol. The van der Waals surface area contributed by atoms with Crippen LogP contribution in [-0.2, 0) is 4.74 Å². The van der Waals surface area contributed by atoms with Crippen molar-refractivity contribution in [1.29, 1.82) is 0 Å². The van der Waals surface area contributed by atoms with Gasteiger partial charge in [-0.05, 0) is 31.6 Å². The Morgan fingerprint density at radius 2 is 1.94 bits per heavy atom. The van der Waals surface area contributed by atoms with Crippen LogP contribution in [0.5, 0.6) is 0 Å². The summed E-state index contributed by atoms with van der Waals surface area (Å²) in [5.41, 5.74) is 0. The molecule has 0 aromatic heterocycles. The predicted octanol–water partition coefficient (Wildman–Crippen LogP) is 2.83. The van der Waals surface area contributed by atoms with Crippen LogP contribution in [0.4, 0.5) is 8.78 Å². The van der Waals surface area contributed by atoms with Gasteiger partial charge in [0, 0.05) is 12.6 Å². The van der Waals surface area contributed by atoms with Crippen LogP contribution in [0.3, 0.4) is 0 Å². The number of alkyl halides is 2. The summed E-state index contributed by atoms with van der Waals surface area (Å²) in [7, 11) is 0. The molecule has 1 fully saturated rings. The highest BCUT2D eigenvalue weighted by Crippen LogP contribution is 2.26. The van der Waals surface area contributed by atoms with Crippen LogP contribution in [0.15, 0.2) is 0 Å². The number of halogens is 2. The topological polar surface area (TPSA) is 21.3 Å². The normalized spacial score (nSPS) is 26.2. The van der Waals surface area contributed by atoms with Gasteiger partial charge in [-0.3, -0.25) is 0 Å². The lowest BCUT2D eigenvalue weighted by atomic mass is 9.84. The second-order valence-corrected chi connectivity index (χ2v) is 4.55. The molecule has 1 N–H and O–H groups in total. The fourth-order valence-electron chi connectivity index (χ4n) is 2.28. The van der Waals surface area contributed by atoms with E-state index in [9.17, 15) is 8.78 Å². The van der Waals surface area contributed by atoms with Gasteiger partial charge >= 0.3 is 0 Å². The minimum atomic E-state index is -2.35. The van der Waals surface area contributed by atoms with Crippen molar-refractivity contribution >= 4 is 0 Å². The lowest BCUT2D eigenvalue weighted by Crippen LogP contribution is -2.35. The number of nitrogens with one attached hydrogen (secondary N) is 1. The SMILES string of the molecule is CCC1CCC(NCCOCC(F)F)CC1. The quantitative estimate of drug-likeness (QED) is 0.685. The summed E-state index contributed by atoms with van der Waals surface area (Å²) in [6.07, 6.45) is 3.96. The molecule has 0 saturated heterocycles. The Bertz CT molecular complexity index is 170. The van der Waals surface area contributed by atoms with E-state index in [0.29, 0.717) is 19.2 Å².